The first-order chi connectivity index (χ1) is 42.8. The van der Waals surface area contributed by atoms with Crippen molar-refractivity contribution in [3.63, 3.8) is 0 Å². The van der Waals surface area contributed by atoms with E-state index in [4.69, 9.17) is 28.4 Å². The van der Waals surface area contributed by atoms with Crippen LogP contribution in [0.25, 0.3) is 0 Å². The summed E-state index contributed by atoms with van der Waals surface area (Å²) in [4.78, 5) is 13.4. The van der Waals surface area contributed by atoms with E-state index in [1.807, 2.05) is 6.08 Å². The monoisotopic (exact) mass is 1260 g/mol. The molecule has 17 atom stereocenters. The zero-order valence-electron chi connectivity index (χ0n) is 54.2. The molecule has 3 heterocycles. The number of amides is 1. The molecule has 0 radical (unpaired) electrons. The van der Waals surface area contributed by atoms with Crippen LogP contribution in [0.2, 0.25) is 0 Å². The maximum atomic E-state index is 13.4. The molecule has 0 spiro atoms. The van der Waals surface area contributed by atoms with E-state index in [-0.39, 0.29) is 18.9 Å². The van der Waals surface area contributed by atoms with Crippen LogP contribution in [0.3, 0.4) is 0 Å². The number of ether oxygens (including phenoxy) is 6. The summed E-state index contributed by atoms with van der Waals surface area (Å²) in [7, 11) is 0. The fraction of sp³-hybridized carbons (Fsp3) is 0.870. The lowest BCUT2D eigenvalue weighted by Crippen LogP contribution is -2.66. The van der Waals surface area contributed by atoms with Crippen molar-refractivity contribution in [3.05, 3.63) is 48.6 Å². The van der Waals surface area contributed by atoms with E-state index in [1.165, 1.54) is 173 Å². The summed E-state index contributed by atoms with van der Waals surface area (Å²) < 4.78 is 34.3. The number of aliphatic hydroxyl groups excluding tert-OH is 11. The summed E-state index contributed by atoms with van der Waals surface area (Å²) in [6, 6.07) is -0.988. The van der Waals surface area contributed by atoms with Crippen molar-refractivity contribution in [1.29, 1.82) is 0 Å². The second-order valence-corrected chi connectivity index (χ2v) is 25.0. The molecule has 0 saturated carbocycles. The normalized spacial score (nSPS) is 28.7. The van der Waals surface area contributed by atoms with Crippen LogP contribution in [-0.4, -0.2) is 193 Å². The van der Waals surface area contributed by atoms with Crippen LogP contribution in [0.5, 0.6) is 0 Å². The minimum Gasteiger partial charge on any atom is -0.394 e. The Morgan fingerprint density at radius 2 is 0.761 bits per heavy atom. The molecule has 0 aromatic rings. The average Bonchev–Trinajstić information content (AvgIpc) is 1.54. The average molecular weight is 1260 g/mol. The van der Waals surface area contributed by atoms with Gasteiger partial charge in [0.1, 0.15) is 73.2 Å². The molecule has 19 heteroatoms. The smallest absolute Gasteiger partial charge is 0.220 e. The van der Waals surface area contributed by atoms with E-state index in [2.05, 4.69) is 55.6 Å². The molecule has 514 valence electrons. The molecule has 1 amide bonds. The summed E-state index contributed by atoms with van der Waals surface area (Å²) >= 11 is 0. The summed E-state index contributed by atoms with van der Waals surface area (Å²) in [6.45, 7) is 1.68. The van der Waals surface area contributed by atoms with Gasteiger partial charge in [-0.05, 0) is 64.2 Å². The molecule has 0 aromatic carbocycles. The van der Waals surface area contributed by atoms with E-state index in [1.54, 1.807) is 6.08 Å². The van der Waals surface area contributed by atoms with Gasteiger partial charge in [-0.15, -0.1) is 0 Å². The summed E-state index contributed by atoms with van der Waals surface area (Å²) in [5, 5.41) is 120. The van der Waals surface area contributed by atoms with E-state index in [9.17, 15) is 61.0 Å². The predicted octanol–water partition coefficient (Wildman–Crippen LogP) is 9.00. The van der Waals surface area contributed by atoms with Crippen molar-refractivity contribution in [2.45, 2.75) is 356 Å². The van der Waals surface area contributed by atoms with Gasteiger partial charge < -0.3 is 89.9 Å². The molecule has 0 aromatic heterocycles. The number of hydrogen-bond donors (Lipinski definition) is 12. The number of nitrogens with one attached hydrogen (secondary N) is 1. The summed E-state index contributed by atoms with van der Waals surface area (Å²) in [5.74, 6) is -0.285. The first kappa shape index (κ1) is 80.0. The summed E-state index contributed by atoms with van der Waals surface area (Å²) in [6.07, 6.45) is 34.0. The quantitative estimate of drug-likeness (QED) is 0.0200. The molecule has 3 fully saturated rings. The van der Waals surface area contributed by atoms with Gasteiger partial charge in [-0.25, -0.2) is 0 Å². The van der Waals surface area contributed by atoms with Gasteiger partial charge in [0.25, 0.3) is 0 Å². The predicted molar refractivity (Wildman–Crippen MR) is 342 cm³/mol. The van der Waals surface area contributed by atoms with Crippen LogP contribution in [0.4, 0.5) is 0 Å². The van der Waals surface area contributed by atoms with Crippen LogP contribution in [0, 0.1) is 0 Å². The molecule has 0 bridgehead atoms. The zero-order chi connectivity index (χ0) is 64.0. The van der Waals surface area contributed by atoms with Crippen molar-refractivity contribution < 1.29 is 89.4 Å². The van der Waals surface area contributed by atoms with Crippen molar-refractivity contribution in [1.82, 2.24) is 5.32 Å². The number of hydrogen-bond acceptors (Lipinski definition) is 18. The Hall–Kier alpha value is -2.25. The van der Waals surface area contributed by atoms with E-state index in [0.717, 1.165) is 44.9 Å². The Kier molecular flexibility index (Phi) is 46.5. The van der Waals surface area contributed by atoms with Crippen LogP contribution < -0.4 is 5.32 Å². The molecule has 88 heavy (non-hydrogen) atoms. The van der Waals surface area contributed by atoms with Gasteiger partial charge in [-0.3, -0.25) is 4.79 Å². The molecule has 17 unspecified atom stereocenters. The second-order valence-electron chi connectivity index (χ2n) is 25.0. The highest BCUT2D eigenvalue weighted by molar-refractivity contribution is 5.76. The zero-order valence-corrected chi connectivity index (χ0v) is 54.2. The van der Waals surface area contributed by atoms with E-state index >= 15 is 0 Å². The molecule has 3 rings (SSSR count). The SMILES string of the molecule is CCCCCCC/C=C\C/C=C\CCCCCCCCCCCCCCCCCCCCCC(=O)NC(COC1OC(CO)C(OC2OC(CO)C(OC3OC(CO)C(O)C(O)C3O)C(O)C2O)C(O)C1O)C(O)/C=C/CC/C=C/CCCCCCCC. The van der Waals surface area contributed by atoms with E-state index < -0.39 is 124 Å². The highest BCUT2D eigenvalue weighted by atomic mass is 16.8. The number of rotatable bonds is 53. The molecular formula is C69H125NO18. The Labute approximate surface area is 529 Å². The van der Waals surface area contributed by atoms with Gasteiger partial charge in [-0.2, -0.15) is 0 Å². The largest absolute Gasteiger partial charge is 0.394 e. The maximum Gasteiger partial charge on any atom is 0.220 e. The lowest BCUT2D eigenvalue weighted by atomic mass is 9.96. The number of aliphatic hydroxyl groups is 11. The van der Waals surface area contributed by atoms with Crippen LogP contribution in [-0.2, 0) is 33.2 Å². The Balaban J connectivity index is 1.36. The van der Waals surface area contributed by atoms with Crippen LogP contribution in [0.15, 0.2) is 48.6 Å². The molecular weight excluding hydrogens is 1130 g/mol. The Morgan fingerprint density at radius 1 is 0.409 bits per heavy atom. The number of carbonyl (C=O) groups is 1. The third-order valence-corrected chi connectivity index (χ3v) is 17.3. The summed E-state index contributed by atoms with van der Waals surface area (Å²) in [5.41, 5.74) is 0. The third kappa shape index (κ3) is 33.0. The lowest BCUT2D eigenvalue weighted by molar-refractivity contribution is -0.379. The first-order valence-corrected chi connectivity index (χ1v) is 34.9. The molecule has 3 aliphatic heterocycles. The molecule has 3 saturated heterocycles. The topological polar surface area (TPSA) is 307 Å². The third-order valence-electron chi connectivity index (χ3n) is 17.3. The fourth-order valence-electron chi connectivity index (χ4n) is 11.6. The minimum atomic E-state index is -1.98. The van der Waals surface area contributed by atoms with Gasteiger partial charge >= 0.3 is 0 Å². The van der Waals surface area contributed by atoms with Crippen molar-refractivity contribution >= 4 is 5.91 Å². The first-order valence-electron chi connectivity index (χ1n) is 34.9. The van der Waals surface area contributed by atoms with Gasteiger partial charge in [0.2, 0.25) is 5.91 Å². The van der Waals surface area contributed by atoms with Crippen LogP contribution >= 0.6 is 0 Å². The van der Waals surface area contributed by atoms with Crippen molar-refractivity contribution in [2.24, 2.45) is 0 Å². The Morgan fingerprint density at radius 3 is 1.20 bits per heavy atom. The molecule has 12 N–H and O–H groups in total. The maximum absolute atomic E-state index is 13.4. The van der Waals surface area contributed by atoms with Crippen molar-refractivity contribution in [3.8, 4) is 0 Å². The highest BCUT2D eigenvalue weighted by Crippen LogP contribution is 2.33. The standard InChI is InChI=1S/C69H125NO18/c1-3-5-7-9-11-13-15-17-18-19-20-21-22-23-24-25-26-27-28-29-30-31-32-33-34-35-37-39-41-43-45-47-57(75)70-52(53(74)46-44-42-40-38-36-16-14-12-10-8-6-4-2)51-83-67-63(81)60(78)65(55(49-72)85-67)88-69-64(82)61(79)66(56(50-73)86-69)87-68-62(80)59(77)58(76)54(48-71)84-68/h15,17,19-20,36,38,44,46,52-56,58-69,71-74,76-82H,3-14,16,18,21-35,37,39-43,45,47-51H2,1-2H3,(H,70,75)/b17-15-,20-19-,38-36+,46-44+. The highest BCUT2D eigenvalue weighted by Gasteiger charge is 2.53. The van der Waals surface area contributed by atoms with Crippen molar-refractivity contribution in [2.75, 3.05) is 26.4 Å². The molecule has 3 aliphatic rings. The molecule has 19 nitrogen and oxygen atoms in total. The number of unbranched alkanes of at least 4 members (excludes halogenated alkanes) is 31. The Bertz CT molecular complexity index is 1790. The van der Waals surface area contributed by atoms with Gasteiger partial charge in [0.15, 0.2) is 18.9 Å². The molecule has 0 aliphatic carbocycles. The fourth-order valence-corrected chi connectivity index (χ4v) is 11.6. The lowest BCUT2D eigenvalue weighted by Gasteiger charge is -2.48. The minimum absolute atomic E-state index is 0.237. The van der Waals surface area contributed by atoms with E-state index in [0.29, 0.717) is 12.8 Å². The number of carbonyl (C=O) groups excluding carboxylic acids is 1. The van der Waals surface area contributed by atoms with Gasteiger partial charge in [0.05, 0.1) is 38.6 Å². The van der Waals surface area contributed by atoms with Gasteiger partial charge in [0, 0.05) is 6.42 Å². The second kappa shape index (κ2) is 51.2. The number of allylic oxidation sites excluding steroid dienone is 7. The van der Waals surface area contributed by atoms with Gasteiger partial charge in [-0.1, -0.05) is 229 Å². The van der Waals surface area contributed by atoms with Crippen LogP contribution in [0.1, 0.15) is 251 Å².